The molecule has 0 saturated carbocycles. The number of hydrogen-bond acceptors (Lipinski definition) is 7. The number of amides is 2. The molecule has 2 aromatic heterocycles. The maximum absolute atomic E-state index is 13.6. The van der Waals surface area contributed by atoms with Crippen molar-refractivity contribution in [2.75, 3.05) is 11.9 Å². The summed E-state index contributed by atoms with van der Waals surface area (Å²) in [5, 5.41) is 11.5. The number of halogens is 2. The predicted octanol–water partition coefficient (Wildman–Crippen LogP) is 4.35. The quantitative estimate of drug-likeness (QED) is 0.345. The molecule has 4 rings (SSSR count). The van der Waals surface area contributed by atoms with Crippen LogP contribution in [0.4, 0.5) is 14.5 Å². The van der Waals surface area contributed by atoms with Gasteiger partial charge >= 0.3 is 5.97 Å². The molecule has 1 aliphatic heterocycles. The highest BCUT2D eigenvalue weighted by Gasteiger charge is 2.32. The van der Waals surface area contributed by atoms with E-state index in [9.17, 15) is 23.2 Å². The van der Waals surface area contributed by atoms with Crippen LogP contribution in [0.2, 0.25) is 0 Å². The summed E-state index contributed by atoms with van der Waals surface area (Å²) in [6.45, 7) is 0.0385. The molecule has 8 nitrogen and oxygen atoms in total. The summed E-state index contributed by atoms with van der Waals surface area (Å²) < 4.78 is 27.1. The lowest BCUT2D eigenvalue weighted by atomic mass is 10.1. The molecule has 12 heteroatoms. The van der Waals surface area contributed by atoms with Crippen LogP contribution in [0.3, 0.4) is 0 Å². The average Bonchev–Trinajstić information content (AvgIpc) is 3.12. The number of carbonyl (C=O) groups excluding carboxylic acids is 2. The third-order valence-corrected chi connectivity index (χ3v) is 6.35. The highest BCUT2D eigenvalue weighted by atomic mass is 32.2. The fraction of sp³-hybridized carbons (Fsp3) is 0.0833. The number of aromatic nitrogens is 2. The third-order valence-electron chi connectivity index (χ3n) is 4.97. The van der Waals surface area contributed by atoms with Crippen LogP contribution in [0.5, 0.6) is 0 Å². The molecule has 36 heavy (non-hydrogen) atoms. The Labute approximate surface area is 213 Å². The number of aromatic carboxylic acids is 1. The topological polar surface area (TPSA) is 112 Å². The van der Waals surface area contributed by atoms with Crippen molar-refractivity contribution < 1.29 is 28.3 Å². The zero-order chi connectivity index (χ0) is 25.8. The number of benzene rings is 1. The molecule has 0 atom stereocenters. The van der Waals surface area contributed by atoms with Crippen molar-refractivity contribution in [1.82, 2.24) is 14.9 Å². The molecule has 1 aliphatic rings. The van der Waals surface area contributed by atoms with Crippen LogP contribution in [0.15, 0.2) is 59.6 Å². The molecule has 0 bridgehead atoms. The molecule has 0 unspecified atom stereocenters. The molecule has 3 heterocycles. The third kappa shape index (κ3) is 5.78. The SMILES string of the molecule is O=C(CCN1C(=O)/C(=C/c2cccc(-c3ccc(F)c(F)c3)n2)SC1=S)Nc1ccc(C(=O)O)nc1. The van der Waals surface area contributed by atoms with Gasteiger partial charge in [0.05, 0.1) is 28.2 Å². The van der Waals surface area contributed by atoms with Crippen LogP contribution < -0.4 is 5.32 Å². The lowest BCUT2D eigenvalue weighted by Gasteiger charge is -2.14. The van der Waals surface area contributed by atoms with Gasteiger partial charge in [0.2, 0.25) is 5.91 Å². The number of carbonyl (C=O) groups is 3. The van der Waals surface area contributed by atoms with Crippen LogP contribution in [0.25, 0.3) is 17.3 Å². The van der Waals surface area contributed by atoms with Crippen molar-refractivity contribution in [1.29, 1.82) is 0 Å². The zero-order valence-electron chi connectivity index (χ0n) is 18.3. The first-order valence-electron chi connectivity index (χ1n) is 10.4. The summed E-state index contributed by atoms with van der Waals surface area (Å²) in [4.78, 5) is 45.7. The zero-order valence-corrected chi connectivity index (χ0v) is 19.9. The van der Waals surface area contributed by atoms with E-state index in [4.69, 9.17) is 17.3 Å². The fourth-order valence-corrected chi connectivity index (χ4v) is 4.50. The maximum Gasteiger partial charge on any atom is 0.354 e. The van der Waals surface area contributed by atoms with E-state index in [2.05, 4.69) is 15.3 Å². The average molecular weight is 527 g/mol. The van der Waals surface area contributed by atoms with E-state index in [-0.39, 0.29) is 28.9 Å². The van der Waals surface area contributed by atoms with Gasteiger partial charge in [-0.2, -0.15) is 0 Å². The summed E-state index contributed by atoms with van der Waals surface area (Å²) >= 11 is 6.36. The summed E-state index contributed by atoms with van der Waals surface area (Å²) in [6.07, 6.45) is 2.72. The molecule has 0 radical (unpaired) electrons. The standard InChI is InChI=1S/C24H16F2N4O4S2/c25-16-6-4-13(10-17(16)26)18-3-1-2-14(28-18)11-20-22(32)30(24(35)36-20)9-8-21(31)29-15-5-7-19(23(33)34)27-12-15/h1-7,10-12H,8-9H2,(H,29,31)(H,33,34)/b20-11-. The molecule has 2 N–H and O–H groups in total. The Morgan fingerprint density at radius 2 is 1.94 bits per heavy atom. The molecule has 2 amide bonds. The van der Waals surface area contributed by atoms with Crippen LogP contribution in [-0.4, -0.2) is 48.6 Å². The number of thioether (sulfide) groups is 1. The molecule has 1 aromatic carbocycles. The van der Waals surface area contributed by atoms with Gasteiger partial charge in [0.25, 0.3) is 5.91 Å². The number of anilines is 1. The van der Waals surface area contributed by atoms with Crippen molar-refractivity contribution >= 4 is 57.8 Å². The summed E-state index contributed by atoms with van der Waals surface area (Å²) in [7, 11) is 0. The number of nitrogens with zero attached hydrogens (tertiary/aromatic N) is 3. The fourth-order valence-electron chi connectivity index (χ4n) is 3.21. The number of carboxylic acid groups (broad SMARTS) is 1. The van der Waals surface area contributed by atoms with Gasteiger partial charge in [0.15, 0.2) is 11.6 Å². The number of nitrogens with one attached hydrogen (secondary N) is 1. The van der Waals surface area contributed by atoms with Gasteiger partial charge in [-0.25, -0.2) is 23.5 Å². The van der Waals surface area contributed by atoms with E-state index < -0.39 is 23.5 Å². The molecule has 0 spiro atoms. The normalized spacial score (nSPS) is 14.4. The van der Waals surface area contributed by atoms with Gasteiger partial charge in [-0.05, 0) is 48.5 Å². The van der Waals surface area contributed by atoms with Crippen molar-refractivity contribution in [3.8, 4) is 11.3 Å². The first-order valence-corrected chi connectivity index (χ1v) is 11.6. The summed E-state index contributed by atoms with van der Waals surface area (Å²) in [5.74, 6) is -3.91. The van der Waals surface area contributed by atoms with Crippen LogP contribution in [-0.2, 0) is 9.59 Å². The Balaban J connectivity index is 1.40. The van der Waals surface area contributed by atoms with Crippen LogP contribution >= 0.6 is 24.0 Å². The van der Waals surface area contributed by atoms with E-state index in [1.54, 1.807) is 24.3 Å². The minimum atomic E-state index is -1.18. The first kappa shape index (κ1) is 25.1. The number of pyridine rings is 2. The second-order valence-corrected chi connectivity index (χ2v) is 9.12. The molecule has 1 fully saturated rings. The van der Waals surface area contributed by atoms with Gasteiger partial charge in [0, 0.05) is 18.5 Å². The molecular weight excluding hydrogens is 510 g/mol. The Morgan fingerprint density at radius 3 is 2.64 bits per heavy atom. The highest BCUT2D eigenvalue weighted by Crippen LogP contribution is 2.32. The predicted molar refractivity (Wildman–Crippen MR) is 134 cm³/mol. The Kier molecular flexibility index (Phi) is 7.46. The van der Waals surface area contributed by atoms with Gasteiger partial charge in [-0.1, -0.05) is 30.0 Å². The molecule has 0 aliphatic carbocycles. The van der Waals surface area contributed by atoms with Gasteiger partial charge in [0.1, 0.15) is 10.0 Å². The minimum Gasteiger partial charge on any atom is -0.477 e. The van der Waals surface area contributed by atoms with E-state index in [0.29, 0.717) is 27.5 Å². The number of thiocarbonyl (C=S) groups is 1. The second kappa shape index (κ2) is 10.7. The Bertz CT molecular complexity index is 1410. The lowest BCUT2D eigenvalue weighted by molar-refractivity contribution is -0.122. The molecule has 182 valence electrons. The highest BCUT2D eigenvalue weighted by molar-refractivity contribution is 8.26. The minimum absolute atomic E-state index is 0.0385. The van der Waals surface area contributed by atoms with E-state index in [1.807, 2.05) is 0 Å². The van der Waals surface area contributed by atoms with Crippen molar-refractivity contribution in [3.63, 3.8) is 0 Å². The van der Waals surface area contributed by atoms with Gasteiger partial charge in [-0.15, -0.1) is 0 Å². The van der Waals surface area contributed by atoms with Gasteiger partial charge in [-0.3, -0.25) is 14.5 Å². The molecule has 3 aromatic rings. The summed E-state index contributed by atoms with van der Waals surface area (Å²) in [5.41, 5.74) is 1.38. The monoisotopic (exact) mass is 526 g/mol. The van der Waals surface area contributed by atoms with Crippen molar-refractivity contribution in [2.24, 2.45) is 0 Å². The number of carboxylic acids is 1. The van der Waals surface area contributed by atoms with E-state index in [1.165, 1.54) is 29.3 Å². The number of rotatable bonds is 7. The van der Waals surface area contributed by atoms with Gasteiger partial charge < -0.3 is 10.4 Å². The first-order chi connectivity index (χ1) is 17.2. The van der Waals surface area contributed by atoms with Crippen LogP contribution in [0, 0.1) is 11.6 Å². The Hall–Kier alpha value is -4.03. The maximum atomic E-state index is 13.6. The molecular formula is C24H16F2N4O4S2. The lowest BCUT2D eigenvalue weighted by Crippen LogP contribution is -2.31. The second-order valence-electron chi connectivity index (χ2n) is 7.45. The smallest absolute Gasteiger partial charge is 0.354 e. The Morgan fingerprint density at radius 1 is 1.14 bits per heavy atom. The molecule has 1 saturated heterocycles. The summed E-state index contributed by atoms with van der Waals surface area (Å²) in [6, 6.07) is 11.1. The van der Waals surface area contributed by atoms with Crippen molar-refractivity contribution in [2.45, 2.75) is 6.42 Å². The van der Waals surface area contributed by atoms with E-state index >= 15 is 0 Å². The van der Waals surface area contributed by atoms with E-state index in [0.717, 1.165) is 23.9 Å². The van der Waals surface area contributed by atoms with Crippen LogP contribution in [0.1, 0.15) is 22.6 Å². The largest absolute Gasteiger partial charge is 0.477 e. The number of hydrogen-bond donors (Lipinski definition) is 2. The van der Waals surface area contributed by atoms with Crippen molar-refractivity contribution in [3.05, 3.63) is 82.7 Å².